The Morgan fingerprint density at radius 1 is 1.22 bits per heavy atom. The molecular weight excluding hydrogens is 236 g/mol. The summed E-state index contributed by atoms with van der Waals surface area (Å²) >= 11 is 0. The first kappa shape index (κ1) is 16.4. The molecule has 0 saturated heterocycles. The molecule has 0 aromatic heterocycles. The van der Waals surface area contributed by atoms with Crippen LogP contribution >= 0.6 is 0 Å². The zero-order valence-corrected chi connectivity index (χ0v) is 10.8. The molecule has 5 nitrogen and oxygen atoms in total. The van der Waals surface area contributed by atoms with Gasteiger partial charge in [-0.05, 0) is 19.3 Å². The Kier molecular flexibility index (Phi) is 7.71. The number of hydrogen-bond acceptors (Lipinski definition) is 5. The van der Waals surface area contributed by atoms with Crippen molar-refractivity contribution in [1.29, 1.82) is 0 Å². The molecule has 0 aliphatic rings. The van der Waals surface area contributed by atoms with E-state index in [4.69, 9.17) is 14.6 Å². The summed E-state index contributed by atoms with van der Waals surface area (Å²) in [5.74, 6) is -1.28. The summed E-state index contributed by atoms with van der Waals surface area (Å²) in [7, 11) is 2.45. The molecule has 0 aromatic carbocycles. The number of aliphatic hydroxyl groups excluding tert-OH is 1. The summed E-state index contributed by atoms with van der Waals surface area (Å²) in [5, 5.41) is 8.70. The van der Waals surface area contributed by atoms with Crippen LogP contribution in [0.2, 0.25) is 0 Å². The van der Waals surface area contributed by atoms with Crippen molar-refractivity contribution in [3.63, 3.8) is 0 Å². The van der Waals surface area contributed by atoms with Crippen molar-refractivity contribution in [2.75, 3.05) is 20.8 Å². The minimum Gasteiger partial charge on any atom is -0.468 e. The molecule has 0 saturated carbocycles. The van der Waals surface area contributed by atoms with Gasteiger partial charge in [-0.2, -0.15) is 0 Å². The lowest BCUT2D eigenvalue weighted by Crippen LogP contribution is -2.41. The molecule has 0 aromatic rings. The second-order valence-electron chi connectivity index (χ2n) is 3.75. The third kappa shape index (κ3) is 4.00. The first-order chi connectivity index (χ1) is 8.58. The van der Waals surface area contributed by atoms with E-state index in [1.807, 2.05) is 0 Å². The predicted molar refractivity (Wildman–Crippen MR) is 66.7 cm³/mol. The van der Waals surface area contributed by atoms with Gasteiger partial charge in [0.15, 0.2) is 5.41 Å². The fourth-order valence-electron chi connectivity index (χ4n) is 1.65. The van der Waals surface area contributed by atoms with E-state index in [2.05, 4.69) is 6.58 Å². The lowest BCUT2D eigenvalue weighted by molar-refractivity contribution is -0.169. The maximum absolute atomic E-state index is 11.9. The van der Waals surface area contributed by atoms with Crippen LogP contribution in [0.4, 0.5) is 0 Å². The molecule has 5 heteroatoms. The zero-order chi connectivity index (χ0) is 14.0. The number of allylic oxidation sites excluding steroid dienone is 2. The topological polar surface area (TPSA) is 72.8 Å². The highest BCUT2D eigenvalue weighted by Gasteiger charge is 2.46. The Bertz CT molecular complexity index is 303. The molecule has 0 fully saturated rings. The largest absolute Gasteiger partial charge is 0.468 e. The summed E-state index contributed by atoms with van der Waals surface area (Å²) in [4.78, 5) is 23.8. The maximum atomic E-state index is 11.9. The molecule has 0 spiro atoms. The number of ether oxygens (including phenoxy) is 2. The molecule has 0 bridgehead atoms. The maximum Gasteiger partial charge on any atom is 0.323 e. The number of hydrogen-bond donors (Lipinski definition) is 1. The van der Waals surface area contributed by atoms with Gasteiger partial charge in [0, 0.05) is 0 Å². The van der Waals surface area contributed by atoms with Crippen LogP contribution in [0.25, 0.3) is 0 Å². The molecule has 1 N–H and O–H groups in total. The van der Waals surface area contributed by atoms with Crippen molar-refractivity contribution in [3.8, 4) is 0 Å². The van der Waals surface area contributed by atoms with Crippen LogP contribution < -0.4 is 0 Å². The Morgan fingerprint density at radius 3 is 2.17 bits per heavy atom. The summed E-state index contributed by atoms with van der Waals surface area (Å²) in [5.41, 5.74) is -1.37. The molecule has 102 valence electrons. The first-order valence-corrected chi connectivity index (χ1v) is 5.62. The van der Waals surface area contributed by atoms with Crippen molar-refractivity contribution in [1.82, 2.24) is 0 Å². The standard InChI is InChI=1S/C13H20O5/c1-4-5-8-13(11(15)17-2,12(16)18-3)9-6-7-10-14/h4,6-7,14H,1,5,8-10H2,2-3H3/b7-6+. The monoisotopic (exact) mass is 256 g/mol. The van der Waals surface area contributed by atoms with Gasteiger partial charge >= 0.3 is 11.9 Å². The Labute approximate surface area is 107 Å². The number of carbonyl (C=O) groups excluding carboxylic acids is 2. The fraction of sp³-hybridized carbons (Fsp3) is 0.538. The Hall–Kier alpha value is -1.62. The highest BCUT2D eigenvalue weighted by Crippen LogP contribution is 2.32. The van der Waals surface area contributed by atoms with Crippen molar-refractivity contribution in [2.45, 2.75) is 19.3 Å². The zero-order valence-electron chi connectivity index (χ0n) is 10.8. The second-order valence-corrected chi connectivity index (χ2v) is 3.75. The molecule has 0 rings (SSSR count). The van der Waals surface area contributed by atoms with E-state index < -0.39 is 17.4 Å². The van der Waals surface area contributed by atoms with Gasteiger partial charge in [0.05, 0.1) is 20.8 Å². The molecule has 18 heavy (non-hydrogen) atoms. The van der Waals surface area contributed by atoms with Gasteiger partial charge in [0.1, 0.15) is 0 Å². The normalized spacial score (nSPS) is 11.3. The van der Waals surface area contributed by atoms with Crippen molar-refractivity contribution in [2.24, 2.45) is 5.41 Å². The number of methoxy groups -OCH3 is 2. The number of esters is 2. The average Bonchev–Trinajstić information content (AvgIpc) is 2.41. The van der Waals surface area contributed by atoms with Crippen LogP contribution in [0, 0.1) is 5.41 Å². The third-order valence-electron chi connectivity index (χ3n) is 2.67. The van der Waals surface area contributed by atoms with Crippen LogP contribution in [-0.4, -0.2) is 37.9 Å². The minimum atomic E-state index is -1.37. The molecule has 0 unspecified atom stereocenters. The molecule has 0 radical (unpaired) electrons. The second kappa shape index (κ2) is 8.47. The van der Waals surface area contributed by atoms with Gasteiger partial charge in [-0.15, -0.1) is 6.58 Å². The van der Waals surface area contributed by atoms with E-state index >= 15 is 0 Å². The number of rotatable bonds is 8. The van der Waals surface area contributed by atoms with E-state index in [-0.39, 0.29) is 19.4 Å². The fourth-order valence-corrected chi connectivity index (χ4v) is 1.65. The SMILES string of the molecule is C=CCCC(C/C=C/CO)(C(=O)OC)C(=O)OC. The van der Waals surface area contributed by atoms with E-state index in [9.17, 15) is 9.59 Å². The number of carbonyl (C=O) groups is 2. The molecule has 0 aliphatic heterocycles. The molecule has 0 atom stereocenters. The summed E-state index contributed by atoms with van der Waals surface area (Å²) in [6.07, 6.45) is 5.52. The van der Waals surface area contributed by atoms with Crippen molar-refractivity contribution < 1.29 is 24.2 Å². The quantitative estimate of drug-likeness (QED) is 0.401. The number of aliphatic hydroxyl groups is 1. The van der Waals surface area contributed by atoms with Crippen LogP contribution in [0.15, 0.2) is 24.8 Å². The molecule has 0 amide bonds. The summed E-state index contributed by atoms with van der Waals surface area (Å²) in [6.45, 7) is 3.42. The van der Waals surface area contributed by atoms with Crippen molar-refractivity contribution in [3.05, 3.63) is 24.8 Å². The van der Waals surface area contributed by atoms with E-state index in [0.717, 1.165) is 0 Å². The third-order valence-corrected chi connectivity index (χ3v) is 2.67. The smallest absolute Gasteiger partial charge is 0.323 e. The van der Waals surface area contributed by atoms with Gasteiger partial charge in [0.2, 0.25) is 0 Å². The highest BCUT2D eigenvalue weighted by molar-refractivity contribution is 6.00. The van der Waals surface area contributed by atoms with Crippen LogP contribution in [0.1, 0.15) is 19.3 Å². The predicted octanol–water partition coefficient (Wildman–Crippen LogP) is 1.22. The van der Waals surface area contributed by atoms with Crippen LogP contribution in [0.5, 0.6) is 0 Å². The summed E-state index contributed by atoms with van der Waals surface area (Å²) in [6, 6.07) is 0. The van der Waals surface area contributed by atoms with Gasteiger partial charge in [-0.25, -0.2) is 0 Å². The lowest BCUT2D eigenvalue weighted by atomic mass is 9.79. The van der Waals surface area contributed by atoms with Crippen LogP contribution in [-0.2, 0) is 19.1 Å². The van der Waals surface area contributed by atoms with Gasteiger partial charge < -0.3 is 14.6 Å². The van der Waals surface area contributed by atoms with E-state index in [0.29, 0.717) is 6.42 Å². The van der Waals surface area contributed by atoms with Crippen LogP contribution in [0.3, 0.4) is 0 Å². The Morgan fingerprint density at radius 2 is 1.78 bits per heavy atom. The minimum absolute atomic E-state index is 0.126. The molecular formula is C13H20O5. The van der Waals surface area contributed by atoms with E-state index in [1.54, 1.807) is 12.2 Å². The highest BCUT2D eigenvalue weighted by atomic mass is 16.5. The average molecular weight is 256 g/mol. The lowest BCUT2D eigenvalue weighted by Gasteiger charge is -2.26. The molecule has 0 aliphatic carbocycles. The van der Waals surface area contributed by atoms with Crippen molar-refractivity contribution >= 4 is 11.9 Å². The van der Waals surface area contributed by atoms with Gasteiger partial charge in [-0.1, -0.05) is 18.2 Å². The molecule has 0 heterocycles. The van der Waals surface area contributed by atoms with Gasteiger partial charge in [0.25, 0.3) is 0 Å². The summed E-state index contributed by atoms with van der Waals surface area (Å²) < 4.78 is 9.39. The van der Waals surface area contributed by atoms with E-state index in [1.165, 1.54) is 20.3 Å². The Balaban J connectivity index is 5.23. The van der Waals surface area contributed by atoms with Gasteiger partial charge in [-0.3, -0.25) is 9.59 Å². The first-order valence-electron chi connectivity index (χ1n) is 5.62.